The molecule has 0 aliphatic rings. The molecular formula is C15H17ClN4O3. The van der Waals surface area contributed by atoms with Gasteiger partial charge in [0.05, 0.1) is 6.54 Å². The molecule has 0 spiro atoms. The molecule has 23 heavy (non-hydrogen) atoms. The van der Waals surface area contributed by atoms with Crippen LogP contribution in [0.5, 0.6) is 5.75 Å². The molecule has 0 saturated carbocycles. The van der Waals surface area contributed by atoms with E-state index in [0.29, 0.717) is 4.90 Å². The van der Waals surface area contributed by atoms with Crippen LogP contribution in [-0.4, -0.2) is 41.1 Å². The number of amides is 1. The van der Waals surface area contributed by atoms with Crippen molar-refractivity contribution in [3.8, 4) is 5.75 Å². The van der Waals surface area contributed by atoms with Crippen LogP contribution in [-0.2, 0) is 11.3 Å². The number of nitrogens with zero attached hydrogens (tertiary/aromatic N) is 3. The van der Waals surface area contributed by atoms with E-state index in [1.54, 1.807) is 24.3 Å². The minimum Gasteiger partial charge on any atom is -0.485 e. The molecule has 0 radical (unpaired) electrons. The highest BCUT2D eigenvalue weighted by atomic mass is 35.5. The third-order valence-corrected chi connectivity index (χ3v) is 3.04. The van der Waals surface area contributed by atoms with Gasteiger partial charge in [-0.1, -0.05) is 41.9 Å². The fourth-order valence-corrected chi connectivity index (χ4v) is 1.82. The number of nitrogen functional groups attached to an aromatic ring is 1. The summed E-state index contributed by atoms with van der Waals surface area (Å²) in [4.78, 5) is 20.2. The van der Waals surface area contributed by atoms with Crippen molar-refractivity contribution in [3.05, 3.63) is 47.4 Å². The van der Waals surface area contributed by atoms with Crippen LogP contribution < -0.4 is 10.5 Å². The number of hydrogen-bond acceptors (Lipinski definition) is 6. The number of aromatic nitrogens is 2. The summed E-state index contributed by atoms with van der Waals surface area (Å²) >= 11 is 5.84. The standard InChI is InChI=1S/C15H17ClN4O3/c1-20(15(21)23-9-11-5-3-2-4-6-11)7-8-22-12-13(16)18-10-19-14(12)17/h2-6,10H,7-9H2,1H3,(H2,17,18,19)/i1D3. The molecule has 0 atom stereocenters. The van der Waals surface area contributed by atoms with Gasteiger partial charge in [-0.3, -0.25) is 0 Å². The summed E-state index contributed by atoms with van der Waals surface area (Å²) in [7, 11) is 0. The Balaban J connectivity index is 1.95. The molecule has 0 aliphatic carbocycles. The monoisotopic (exact) mass is 339 g/mol. The quantitative estimate of drug-likeness (QED) is 0.812. The first-order valence-corrected chi connectivity index (χ1v) is 7.04. The lowest BCUT2D eigenvalue weighted by Crippen LogP contribution is -2.31. The Morgan fingerprint density at radius 3 is 2.87 bits per heavy atom. The molecule has 2 aromatic rings. The molecule has 1 aromatic carbocycles. The van der Waals surface area contributed by atoms with Crippen LogP contribution in [0.15, 0.2) is 36.7 Å². The number of nitrogens with two attached hydrogens (primary N) is 1. The number of anilines is 1. The Kier molecular flexibility index (Phi) is 4.61. The largest absolute Gasteiger partial charge is 0.485 e. The highest BCUT2D eigenvalue weighted by molar-refractivity contribution is 6.31. The lowest BCUT2D eigenvalue weighted by molar-refractivity contribution is 0.0995. The van der Waals surface area contributed by atoms with Gasteiger partial charge >= 0.3 is 6.09 Å². The van der Waals surface area contributed by atoms with E-state index >= 15 is 0 Å². The minimum absolute atomic E-state index is 0.00964. The van der Waals surface area contributed by atoms with Gasteiger partial charge in [-0.15, -0.1) is 0 Å². The van der Waals surface area contributed by atoms with Crippen LogP contribution in [0, 0.1) is 0 Å². The highest BCUT2D eigenvalue weighted by Gasteiger charge is 2.12. The zero-order valence-electron chi connectivity index (χ0n) is 15.1. The SMILES string of the molecule is [2H]C([2H])([2H])N(CCOc1c(N)ncnc1Cl)C(=O)OCc1ccccc1. The number of hydrogen-bond donors (Lipinski definition) is 1. The van der Waals surface area contributed by atoms with Crippen molar-refractivity contribution in [1.82, 2.24) is 14.9 Å². The number of carbonyl (C=O) groups excluding carboxylic acids is 1. The maximum Gasteiger partial charge on any atom is 0.409 e. The first-order valence-electron chi connectivity index (χ1n) is 8.16. The summed E-state index contributed by atoms with van der Waals surface area (Å²) < 4.78 is 32.9. The van der Waals surface area contributed by atoms with E-state index in [2.05, 4.69) is 9.97 Å². The molecule has 7 nitrogen and oxygen atoms in total. The van der Waals surface area contributed by atoms with Crippen molar-refractivity contribution in [1.29, 1.82) is 0 Å². The van der Waals surface area contributed by atoms with Crippen LogP contribution in [0.2, 0.25) is 5.15 Å². The summed E-state index contributed by atoms with van der Waals surface area (Å²) in [5.41, 5.74) is 6.36. The molecule has 0 saturated heterocycles. The van der Waals surface area contributed by atoms with Crippen LogP contribution in [0.1, 0.15) is 9.68 Å². The number of rotatable bonds is 6. The molecule has 0 bridgehead atoms. The number of carbonyl (C=O) groups is 1. The summed E-state index contributed by atoms with van der Waals surface area (Å²) in [6.45, 7) is -3.19. The predicted molar refractivity (Wildman–Crippen MR) is 86.2 cm³/mol. The molecular weight excluding hydrogens is 320 g/mol. The molecule has 0 fully saturated rings. The smallest absolute Gasteiger partial charge is 0.409 e. The van der Waals surface area contributed by atoms with E-state index in [-0.39, 0.29) is 36.5 Å². The molecule has 0 aliphatic heterocycles. The van der Waals surface area contributed by atoms with Gasteiger partial charge in [0.2, 0.25) is 0 Å². The van der Waals surface area contributed by atoms with Crippen molar-refractivity contribution in [3.63, 3.8) is 0 Å². The van der Waals surface area contributed by atoms with Gasteiger partial charge in [0.1, 0.15) is 19.5 Å². The molecule has 122 valence electrons. The second kappa shape index (κ2) is 8.19. The number of halogens is 1. The van der Waals surface area contributed by atoms with Crippen molar-refractivity contribution < 1.29 is 18.4 Å². The lowest BCUT2D eigenvalue weighted by atomic mass is 10.2. The number of benzene rings is 1. The topological polar surface area (TPSA) is 90.6 Å². The highest BCUT2D eigenvalue weighted by Crippen LogP contribution is 2.26. The first-order chi connectivity index (χ1) is 12.3. The van der Waals surface area contributed by atoms with E-state index in [1.165, 1.54) is 6.33 Å². The summed E-state index contributed by atoms with van der Waals surface area (Å²) in [5.74, 6) is 0.0365. The maximum absolute atomic E-state index is 12.2. The lowest BCUT2D eigenvalue weighted by Gasteiger charge is -2.17. The molecule has 2 N–H and O–H groups in total. The summed E-state index contributed by atoms with van der Waals surface area (Å²) in [6, 6.07) is 8.91. The van der Waals surface area contributed by atoms with Crippen molar-refractivity contribution >= 4 is 23.5 Å². The van der Waals surface area contributed by atoms with Gasteiger partial charge in [-0.25, -0.2) is 14.8 Å². The van der Waals surface area contributed by atoms with Crippen LogP contribution in [0.3, 0.4) is 0 Å². The van der Waals surface area contributed by atoms with Crippen LogP contribution in [0.4, 0.5) is 10.6 Å². The molecule has 0 unspecified atom stereocenters. The zero-order valence-corrected chi connectivity index (χ0v) is 12.9. The average molecular weight is 340 g/mol. The van der Waals surface area contributed by atoms with Crippen LogP contribution >= 0.6 is 11.6 Å². The van der Waals surface area contributed by atoms with Gasteiger partial charge < -0.3 is 20.1 Å². The Hall–Kier alpha value is -2.54. The first kappa shape index (κ1) is 13.0. The normalized spacial score (nSPS) is 12.7. The third-order valence-electron chi connectivity index (χ3n) is 2.77. The van der Waals surface area contributed by atoms with Gasteiger partial charge in [0.15, 0.2) is 16.7 Å². The van der Waals surface area contributed by atoms with Crippen molar-refractivity contribution in [2.24, 2.45) is 0 Å². The van der Waals surface area contributed by atoms with Gasteiger partial charge in [0.25, 0.3) is 0 Å². The Morgan fingerprint density at radius 1 is 1.39 bits per heavy atom. The van der Waals surface area contributed by atoms with E-state index in [4.69, 9.17) is 30.9 Å². The predicted octanol–water partition coefficient (Wildman–Crippen LogP) is 2.36. The molecule has 2 rings (SSSR count). The number of likely N-dealkylation sites (N-methyl/N-ethyl adjacent to an activating group) is 1. The Morgan fingerprint density at radius 2 is 2.17 bits per heavy atom. The Labute approximate surface area is 143 Å². The van der Waals surface area contributed by atoms with Crippen molar-refractivity contribution in [2.45, 2.75) is 6.61 Å². The fourth-order valence-electron chi connectivity index (χ4n) is 1.63. The van der Waals surface area contributed by atoms with E-state index in [0.717, 1.165) is 5.56 Å². The molecule has 1 heterocycles. The molecule has 1 aromatic heterocycles. The fraction of sp³-hybridized carbons (Fsp3) is 0.267. The van der Waals surface area contributed by atoms with E-state index < -0.39 is 13.1 Å². The summed E-state index contributed by atoms with van der Waals surface area (Å²) in [6.07, 6.45) is 0.182. The number of ether oxygens (including phenoxy) is 2. The summed E-state index contributed by atoms with van der Waals surface area (Å²) in [5, 5.41) is -0.00964. The second-order valence-electron chi connectivity index (χ2n) is 4.42. The third kappa shape index (κ3) is 5.00. The van der Waals surface area contributed by atoms with Crippen LogP contribution in [0.25, 0.3) is 0 Å². The minimum atomic E-state index is -2.69. The van der Waals surface area contributed by atoms with Gasteiger partial charge in [-0.2, -0.15) is 0 Å². The second-order valence-corrected chi connectivity index (χ2v) is 4.78. The Bertz CT molecular complexity index is 726. The van der Waals surface area contributed by atoms with Crippen molar-refractivity contribution in [2.75, 3.05) is 25.9 Å². The maximum atomic E-state index is 12.2. The molecule has 8 heteroatoms. The zero-order chi connectivity index (χ0) is 19.2. The average Bonchev–Trinajstić information content (AvgIpc) is 2.58. The van der Waals surface area contributed by atoms with Gasteiger partial charge in [0, 0.05) is 11.1 Å². The molecule has 1 amide bonds. The van der Waals surface area contributed by atoms with E-state index in [9.17, 15) is 4.79 Å². The van der Waals surface area contributed by atoms with Gasteiger partial charge in [-0.05, 0) is 5.56 Å². The van der Waals surface area contributed by atoms with E-state index in [1.807, 2.05) is 6.07 Å².